The molecule has 18 heavy (non-hydrogen) atoms. The van der Waals surface area contributed by atoms with E-state index in [1.807, 2.05) is 6.92 Å². The van der Waals surface area contributed by atoms with Crippen molar-refractivity contribution >= 4 is 0 Å². The van der Waals surface area contributed by atoms with Gasteiger partial charge in [-0.25, -0.2) is 14.1 Å². The largest absolute Gasteiger partial charge is 0.386 e. The lowest BCUT2D eigenvalue weighted by atomic mass is 10.0. The highest BCUT2D eigenvalue weighted by molar-refractivity contribution is 5.28. The molecule has 0 saturated carbocycles. The van der Waals surface area contributed by atoms with Crippen LogP contribution in [0.4, 0.5) is 4.39 Å². The molecule has 1 unspecified atom stereocenters. The van der Waals surface area contributed by atoms with Crippen LogP contribution in [0.25, 0.3) is 0 Å². The summed E-state index contributed by atoms with van der Waals surface area (Å²) < 4.78 is 14.7. The normalized spacial score (nSPS) is 12.7. The molecule has 0 radical (unpaired) electrons. The van der Waals surface area contributed by atoms with Gasteiger partial charge < -0.3 is 5.11 Å². The molecular weight excluding hydrogens is 233 g/mol. The number of aryl methyl sites for hydroxylation is 3. The lowest BCUT2D eigenvalue weighted by Gasteiger charge is -2.14. The number of benzene rings is 1. The van der Waals surface area contributed by atoms with Crippen molar-refractivity contribution in [3.05, 3.63) is 46.8 Å². The van der Waals surface area contributed by atoms with E-state index in [1.165, 1.54) is 12.1 Å². The molecule has 1 atom stereocenters. The lowest BCUT2D eigenvalue weighted by molar-refractivity contribution is 0.149. The molecule has 1 aromatic carbocycles. The number of rotatable bonds is 3. The van der Waals surface area contributed by atoms with Gasteiger partial charge in [-0.2, -0.15) is 5.10 Å². The molecule has 0 saturated heterocycles. The third kappa shape index (κ3) is 2.56. The van der Waals surface area contributed by atoms with E-state index in [0.717, 1.165) is 11.4 Å². The van der Waals surface area contributed by atoms with E-state index in [2.05, 4.69) is 10.1 Å². The predicted molar refractivity (Wildman–Crippen MR) is 65.6 cm³/mol. The van der Waals surface area contributed by atoms with Gasteiger partial charge in [0.05, 0.1) is 12.6 Å². The smallest absolute Gasteiger partial charge is 0.147 e. The van der Waals surface area contributed by atoms with Gasteiger partial charge in [-0.15, -0.1) is 0 Å². The molecule has 4 nitrogen and oxygen atoms in total. The topological polar surface area (TPSA) is 50.9 Å². The van der Waals surface area contributed by atoms with Gasteiger partial charge in [0.1, 0.15) is 17.5 Å². The summed E-state index contributed by atoms with van der Waals surface area (Å²) in [5.41, 5.74) is 1.45. The second-order valence-corrected chi connectivity index (χ2v) is 4.41. The molecular formula is C13H16FN3O. The van der Waals surface area contributed by atoms with Crippen LogP contribution in [-0.4, -0.2) is 19.9 Å². The molecule has 2 rings (SSSR count). The van der Waals surface area contributed by atoms with Gasteiger partial charge in [0.2, 0.25) is 0 Å². The van der Waals surface area contributed by atoms with Crippen LogP contribution in [0.2, 0.25) is 0 Å². The van der Waals surface area contributed by atoms with E-state index in [9.17, 15) is 9.50 Å². The molecule has 0 bridgehead atoms. The van der Waals surface area contributed by atoms with Crippen molar-refractivity contribution in [2.24, 2.45) is 0 Å². The second-order valence-electron chi connectivity index (χ2n) is 4.41. The Balaban J connectivity index is 2.21. The van der Waals surface area contributed by atoms with Crippen LogP contribution in [0.3, 0.4) is 0 Å². The quantitative estimate of drug-likeness (QED) is 0.906. The summed E-state index contributed by atoms with van der Waals surface area (Å²) >= 11 is 0. The molecule has 0 aliphatic rings. The SMILES string of the molecule is Cc1nc(C)n(CC(O)c2ccc(F)cc2C)n1. The zero-order valence-electron chi connectivity index (χ0n) is 10.7. The summed E-state index contributed by atoms with van der Waals surface area (Å²) in [7, 11) is 0. The van der Waals surface area contributed by atoms with Crippen LogP contribution in [-0.2, 0) is 6.54 Å². The van der Waals surface area contributed by atoms with E-state index in [-0.39, 0.29) is 5.82 Å². The molecule has 1 N–H and O–H groups in total. The first-order chi connectivity index (χ1) is 8.47. The molecule has 0 aliphatic heterocycles. The summed E-state index contributed by atoms with van der Waals surface area (Å²) in [6.45, 7) is 5.74. The summed E-state index contributed by atoms with van der Waals surface area (Å²) in [4.78, 5) is 4.18. The molecule has 0 spiro atoms. The minimum atomic E-state index is -0.717. The Morgan fingerprint density at radius 2 is 2.06 bits per heavy atom. The molecule has 2 aromatic rings. The summed E-state index contributed by atoms with van der Waals surface area (Å²) in [6, 6.07) is 4.37. The van der Waals surface area contributed by atoms with Crippen LogP contribution in [0, 0.1) is 26.6 Å². The van der Waals surface area contributed by atoms with E-state index in [4.69, 9.17) is 0 Å². The third-order valence-electron chi connectivity index (χ3n) is 2.90. The predicted octanol–water partition coefficient (Wildman–Crippen LogP) is 2.08. The number of aliphatic hydroxyl groups excluding tert-OH is 1. The lowest BCUT2D eigenvalue weighted by Crippen LogP contribution is -2.12. The van der Waals surface area contributed by atoms with Gasteiger partial charge in [-0.3, -0.25) is 0 Å². The second kappa shape index (κ2) is 4.86. The molecule has 5 heteroatoms. The fourth-order valence-electron chi connectivity index (χ4n) is 2.01. The number of nitrogens with zero attached hydrogens (tertiary/aromatic N) is 3. The Morgan fingerprint density at radius 1 is 1.33 bits per heavy atom. The van der Waals surface area contributed by atoms with Crippen LogP contribution >= 0.6 is 0 Å². The molecule has 0 fully saturated rings. The van der Waals surface area contributed by atoms with Crippen LogP contribution in [0.15, 0.2) is 18.2 Å². The van der Waals surface area contributed by atoms with Gasteiger partial charge in [-0.1, -0.05) is 6.07 Å². The number of halogens is 1. The van der Waals surface area contributed by atoms with Crippen molar-refractivity contribution < 1.29 is 9.50 Å². The van der Waals surface area contributed by atoms with Crippen molar-refractivity contribution in [3.8, 4) is 0 Å². The minimum absolute atomic E-state index is 0.295. The van der Waals surface area contributed by atoms with Gasteiger partial charge in [0, 0.05) is 0 Å². The van der Waals surface area contributed by atoms with E-state index in [1.54, 1.807) is 24.6 Å². The number of hydrogen-bond donors (Lipinski definition) is 1. The molecule has 1 heterocycles. The van der Waals surface area contributed by atoms with Crippen molar-refractivity contribution in [1.29, 1.82) is 0 Å². The number of aromatic nitrogens is 3. The zero-order chi connectivity index (χ0) is 13.3. The zero-order valence-corrected chi connectivity index (χ0v) is 10.7. The van der Waals surface area contributed by atoms with Gasteiger partial charge in [0.15, 0.2) is 0 Å². The van der Waals surface area contributed by atoms with Crippen LogP contribution in [0.5, 0.6) is 0 Å². The first kappa shape index (κ1) is 12.7. The Morgan fingerprint density at radius 3 is 2.61 bits per heavy atom. The fraction of sp³-hybridized carbons (Fsp3) is 0.385. The minimum Gasteiger partial charge on any atom is -0.386 e. The highest BCUT2D eigenvalue weighted by atomic mass is 19.1. The summed E-state index contributed by atoms with van der Waals surface area (Å²) in [5, 5.41) is 14.4. The van der Waals surface area contributed by atoms with Crippen molar-refractivity contribution in [2.45, 2.75) is 33.4 Å². The number of aliphatic hydroxyl groups is 1. The van der Waals surface area contributed by atoms with Gasteiger partial charge in [0.25, 0.3) is 0 Å². The molecule has 1 aromatic heterocycles. The Labute approximate surface area is 105 Å². The highest BCUT2D eigenvalue weighted by Gasteiger charge is 2.14. The van der Waals surface area contributed by atoms with Crippen LogP contribution in [0.1, 0.15) is 28.9 Å². The fourth-order valence-corrected chi connectivity index (χ4v) is 2.01. The molecule has 0 amide bonds. The summed E-state index contributed by atoms with van der Waals surface area (Å²) in [6.07, 6.45) is -0.717. The maximum atomic E-state index is 13.0. The third-order valence-corrected chi connectivity index (χ3v) is 2.90. The summed E-state index contributed by atoms with van der Waals surface area (Å²) in [5.74, 6) is 1.14. The standard InChI is InChI=1S/C13H16FN3O/c1-8-6-11(14)4-5-12(8)13(18)7-17-10(3)15-9(2)16-17/h4-6,13,18H,7H2,1-3H3. The van der Waals surface area contributed by atoms with Crippen molar-refractivity contribution in [2.75, 3.05) is 0 Å². The Kier molecular flexibility index (Phi) is 3.43. The first-order valence-electron chi connectivity index (χ1n) is 5.79. The molecule has 0 aliphatic carbocycles. The highest BCUT2D eigenvalue weighted by Crippen LogP contribution is 2.20. The average Bonchev–Trinajstić information content (AvgIpc) is 2.57. The van der Waals surface area contributed by atoms with Crippen molar-refractivity contribution in [1.82, 2.24) is 14.8 Å². The monoisotopic (exact) mass is 249 g/mol. The van der Waals surface area contributed by atoms with E-state index >= 15 is 0 Å². The average molecular weight is 249 g/mol. The first-order valence-corrected chi connectivity index (χ1v) is 5.79. The Bertz CT molecular complexity index is 565. The van der Waals surface area contributed by atoms with Gasteiger partial charge in [-0.05, 0) is 44.0 Å². The maximum Gasteiger partial charge on any atom is 0.147 e. The Hall–Kier alpha value is -1.75. The van der Waals surface area contributed by atoms with Gasteiger partial charge >= 0.3 is 0 Å². The van der Waals surface area contributed by atoms with Crippen LogP contribution < -0.4 is 0 Å². The molecule has 96 valence electrons. The van der Waals surface area contributed by atoms with E-state index < -0.39 is 6.10 Å². The maximum absolute atomic E-state index is 13.0. The number of hydrogen-bond acceptors (Lipinski definition) is 3. The van der Waals surface area contributed by atoms with E-state index in [0.29, 0.717) is 17.9 Å². The van der Waals surface area contributed by atoms with Crippen molar-refractivity contribution in [3.63, 3.8) is 0 Å².